The van der Waals surface area contributed by atoms with Crippen molar-refractivity contribution in [2.45, 2.75) is 154 Å². The van der Waals surface area contributed by atoms with Gasteiger partial charge in [0.25, 0.3) is 0 Å². The maximum Gasteiger partial charge on any atom is 0.233 e. The number of nitrogens with one attached hydrogen (secondary N) is 2. The fraction of sp³-hybridized carbons (Fsp3) is 0.812. The Labute approximate surface area is 372 Å². The number of ether oxygens (including phenoxy) is 1. The van der Waals surface area contributed by atoms with Crippen molar-refractivity contribution in [3.8, 4) is 0 Å². The van der Waals surface area contributed by atoms with Gasteiger partial charge < -0.3 is 15.4 Å². The number of carbonyl (C=O) groups is 9. The summed E-state index contributed by atoms with van der Waals surface area (Å²) in [7, 11) is 0. The molecule has 0 aromatic rings. The van der Waals surface area contributed by atoms with Crippen LogP contribution >= 0.6 is 0 Å². The smallest absolute Gasteiger partial charge is 0.233 e. The van der Waals surface area contributed by atoms with Crippen LogP contribution in [0.15, 0.2) is 0 Å². The van der Waals surface area contributed by atoms with Crippen LogP contribution < -0.4 is 10.6 Å². The molecule has 6 amide bonds. The first-order valence-electron chi connectivity index (χ1n) is 23.4. The van der Waals surface area contributed by atoms with E-state index in [4.69, 9.17) is 4.74 Å². The lowest BCUT2D eigenvalue weighted by Crippen LogP contribution is -2.36. The Bertz CT molecular complexity index is 1500. The normalized spacial score (nSPS) is 20.3. The van der Waals surface area contributed by atoms with Crippen LogP contribution in [0.4, 0.5) is 0 Å². The zero-order valence-electron chi connectivity index (χ0n) is 40.3. The van der Waals surface area contributed by atoms with Crippen LogP contribution in [0, 0.1) is 59.2 Å². The van der Waals surface area contributed by atoms with Crippen LogP contribution in [-0.2, 0) is 47.9 Å². The van der Waals surface area contributed by atoms with Gasteiger partial charge in [-0.2, -0.15) is 0 Å². The Balaban J connectivity index is 0.000000473. The average Bonchev–Trinajstić information content (AvgIpc) is 3.66. The van der Waals surface area contributed by atoms with Gasteiger partial charge in [-0.05, 0) is 55.8 Å². The zero-order chi connectivity index (χ0) is 47.3. The number of rotatable bonds is 23. The van der Waals surface area contributed by atoms with Gasteiger partial charge in [-0.15, -0.1) is 0 Å². The van der Waals surface area contributed by atoms with Gasteiger partial charge in [0.1, 0.15) is 17.3 Å². The molecule has 14 heteroatoms. The summed E-state index contributed by atoms with van der Waals surface area (Å²) in [6, 6.07) is 0. The van der Waals surface area contributed by atoms with Crippen LogP contribution in [0.3, 0.4) is 0 Å². The molecule has 3 fully saturated rings. The van der Waals surface area contributed by atoms with Crippen molar-refractivity contribution < 1.29 is 47.9 Å². The van der Waals surface area contributed by atoms with Crippen molar-refractivity contribution in [2.75, 3.05) is 39.4 Å². The van der Waals surface area contributed by atoms with E-state index in [-0.39, 0.29) is 114 Å². The number of nitrogens with zero attached hydrogens (tertiary/aromatic N) is 2. The molecule has 3 rings (SSSR count). The zero-order valence-corrected chi connectivity index (χ0v) is 40.3. The molecule has 0 spiro atoms. The topological polar surface area (TPSA) is 193 Å². The molecule has 2 N–H and O–H groups in total. The monoisotopic (exact) mass is 875 g/mol. The molecule has 2 aliphatic heterocycles. The standard InChI is InChI=1S/C18H30N2O5.C16H29NO2.C14H23NO3/c1-12(2)14-11-17(23)20(18(14)24)8-5-16(22)19-7-10-25-9-6-15(21)13(3)4;1-11(2)9-15(18)17-10-13-5-7-14(8-6-13)16(19)12(3)4;1-9(2)11-8-13(17)15(14(11)18)7-5-6-12(16)10(3)4/h12-14H,5-11H2,1-4H3,(H,19,22);11-14H,5-10H2,1-4H3,(H,17,18);9-11H,5-8H2,1-4H3. The minimum absolute atomic E-state index is 0.00889. The van der Waals surface area contributed by atoms with Gasteiger partial charge in [-0.25, -0.2) is 0 Å². The summed E-state index contributed by atoms with van der Waals surface area (Å²) in [6.07, 6.45) is 6.83. The molecule has 0 bridgehead atoms. The Morgan fingerprint density at radius 3 is 1.55 bits per heavy atom. The largest absolute Gasteiger partial charge is 0.379 e. The minimum atomic E-state index is -0.266. The highest BCUT2D eigenvalue weighted by Crippen LogP contribution is 2.31. The Morgan fingerprint density at radius 2 is 1.10 bits per heavy atom. The van der Waals surface area contributed by atoms with Gasteiger partial charge in [0.05, 0.1) is 13.2 Å². The van der Waals surface area contributed by atoms with Gasteiger partial charge in [0.15, 0.2) is 0 Å². The molecule has 1 saturated carbocycles. The van der Waals surface area contributed by atoms with Crippen molar-refractivity contribution in [1.29, 1.82) is 0 Å². The number of likely N-dealkylation sites (tertiary alicyclic amines) is 2. The predicted molar refractivity (Wildman–Crippen MR) is 239 cm³/mol. The average molecular weight is 875 g/mol. The number of amides is 6. The molecule has 3 aliphatic rings. The van der Waals surface area contributed by atoms with Crippen molar-refractivity contribution in [3.05, 3.63) is 0 Å². The van der Waals surface area contributed by atoms with Gasteiger partial charge in [-0.1, -0.05) is 83.1 Å². The summed E-state index contributed by atoms with van der Waals surface area (Å²) in [5.41, 5.74) is 0. The van der Waals surface area contributed by atoms with Crippen molar-refractivity contribution >= 4 is 52.8 Å². The van der Waals surface area contributed by atoms with E-state index in [1.54, 1.807) is 0 Å². The third kappa shape index (κ3) is 20.6. The van der Waals surface area contributed by atoms with E-state index in [0.717, 1.165) is 32.2 Å². The first-order valence-corrected chi connectivity index (χ1v) is 23.4. The van der Waals surface area contributed by atoms with Crippen molar-refractivity contribution in [3.63, 3.8) is 0 Å². The third-order valence-electron chi connectivity index (χ3n) is 11.9. The van der Waals surface area contributed by atoms with Gasteiger partial charge in [0, 0.05) is 100 Å². The van der Waals surface area contributed by atoms with Crippen LogP contribution in [0.5, 0.6) is 0 Å². The number of imide groups is 2. The fourth-order valence-electron chi connectivity index (χ4n) is 7.58. The Kier molecular flexibility index (Phi) is 26.1. The number of carbonyl (C=O) groups excluding carboxylic acids is 9. The maximum atomic E-state index is 12.1. The molecule has 62 heavy (non-hydrogen) atoms. The fourth-order valence-corrected chi connectivity index (χ4v) is 7.58. The molecular weight excluding hydrogens is 793 g/mol. The van der Waals surface area contributed by atoms with E-state index in [1.165, 1.54) is 9.80 Å². The number of hydrogen-bond donors (Lipinski definition) is 2. The molecule has 354 valence electrons. The Morgan fingerprint density at radius 1 is 0.597 bits per heavy atom. The molecule has 2 atom stereocenters. The summed E-state index contributed by atoms with van der Waals surface area (Å²) in [4.78, 5) is 108. The second-order valence-electron chi connectivity index (χ2n) is 19.4. The molecule has 0 radical (unpaired) electrons. The van der Waals surface area contributed by atoms with Crippen LogP contribution in [0.2, 0.25) is 0 Å². The quantitative estimate of drug-likeness (QED) is 0.0863. The summed E-state index contributed by atoms with van der Waals surface area (Å²) in [5, 5.41) is 5.71. The van der Waals surface area contributed by atoms with E-state index in [9.17, 15) is 43.2 Å². The lowest BCUT2D eigenvalue weighted by molar-refractivity contribution is -0.141. The van der Waals surface area contributed by atoms with Crippen molar-refractivity contribution in [2.24, 2.45) is 59.2 Å². The molecule has 2 heterocycles. The van der Waals surface area contributed by atoms with E-state index >= 15 is 0 Å². The molecule has 0 aromatic carbocycles. The van der Waals surface area contributed by atoms with E-state index in [1.807, 2.05) is 69.2 Å². The molecule has 2 saturated heterocycles. The van der Waals surface area contributed by atoms with Crippen LogP contribution in [0.1, 0.15) is 154 Å². The minimum Gasteiger partial charge on any atom is -0.379 e. The highest BCUT2D eigenvalue weighted by molar-refractivity contribution is 6.04. The van der Waals surface area contributed by atoms with Gasteiger partial charge >= 0.3 is 0 Å². The predicted octanol–water partition coefficient (Wildman–Crippen LogP) is 6.36. The SMILES string of the molecule is CC(C)C(=O)CCCN1C(=O)CC(C(C)C)C1=O.CC(C)C(=O)CCOCCNC(=O)CCN1C(=O)CC(C(C)C)C1=O.CC(C)CC(=O)NCC1CCC(C(=O)C(C)C)CC1. The highest BCUT2D eigenvalue weighted by Gasteiger charge is 2.40. The first kappa shape index (κ1) is 56.2. The first-order chi connectivity index (χ1) is 29.0. The molecule has 14 nitrogen and oxygen atoms in total. The van der Waals surface area contributed by atoms with Crippen LogP contribution in [-0.4, -0.2) is 102 Å². The third-order valence-corrected chi connectivity index (χ3v) is 11.9. The van der Waals surface area contributed by atoms with E-state index in [2.05, 4.69) is 24.5 Å². The lowest BCUT2D eigenvalue weighted by atomic mass is 9.78. The van der Waals surface area contributed by atoms with Gasteiger partial charge in [0.2, 0.25) is 35.4 Å². The summed E-state index contributed by atoms with van der Waals surface area (Å²) < 4.78 is 5.30. The molecule has 2 unspecified atom stereocenters. The second-order valence-corrected chi connectivity index (χ2v) is 19.4. The molecule has 0 aromatic heterocycles. The maximum absolute atomic E-state index is 12.1. The summed E-state index contributed by atoms with van der Waals surface area (Å²) in [5.74, 6) is 1.50. The lowest BCUT2D eigenvalue weighted by Gasteiger charge is -2.28. The van der Waals surface area contributed by atoms with Crippen molar-refractivity contribution in [1.82, 2.24) is 20.4 Å². The second kappa shape index (κ2) is 28.8. The molecular formula is C48H82N4O10. The highest BCUT2D eigenvalue weighted by atomic mass is 16.5. The van der Waals surface area contributed by atoms with E-state index in [0.29, 0.717) is 76.0 Å². The van der Waals surface area contributed by atoms with E-state index < -0.39 is 0 Å². The number of ketones is 3. The number of hydrogen-bond acceptors (Lipinski definition) is 10. The molecule has 1 aliphatic carbocycles. The van der Waals surface area contributed by atoms with Gasteiger partial charge in [-0.3, -0.25) is 53.0 Å². The Hall–Kier alpha value is -3.81. The summed E-state index contributed by atoms with van der Waals surface area (Å²) >= 11 is 0. The summed E-state index contributed by atoms with van der Waals surface area (Å²) in [6.45, 7) is 25.6. The number of Topliss-reactive ketones (excluding diaryl/α,β-unsaturated/α-hetero) is 3. The van der Waals surface area contributed by atoms with Crippen LogP contribution in [0.25, 0.3) is 0 Å².